The van der Waals surface area contributed by atoms with E-state index in [2.05, 4.69) is 0 Å². The number of β-amino-alcohol motifs (C(OH)–C–C–N with tert-alkyl or cyclic N) is 1. The lowest BCUT2D eigenvalue weighted by Gasteiger charge is -2.30. The standard InChI is InChI=1S/C16H18F2N2O4/c17-12-2-1-10(5-13(12)18)14-6-11(21)7-20(14)15(22)8-19-3-4-24-9-16(19)23/h1-2,5,11,14,21H,3-4,6-9H2/t11-,14-/m0/s1. The van der Waals surface area contributed by atoms with Crippen LogP contribution in [0.15, 0.2) is 18.2 Å². The van der Waals surface area contributed by atoms with E-state index in [0.29, 0.717) is 18.7 Å². The summed E-state index contributed by atoms with van der Waals surface area (Å²) in [6, 6.07) is 2.90. The van der Waals surface area contributed by atoms with Gasteiger partial charge >= 0.3 is 0 Å². The van der Waals surface area contributed by atoms with Gasteiger partial charge in [-0.15, -0.1) is 0 Å². The van der Waals surface area contributed by atoms with E-state index in [9.17, 15) is 23.5 Å². The van der Waals surface area contributed by atoms with Gasteiger partial charge in [0.05, 0.1) is 25.3 Å². The highest BCUT2D eigenvalue weighted by Gasteiger charge is 2.36. The zero-order valence-corrected chi connectivity index (χ0v) is 13.0. The highest BCUT2D eigenvalue weighted by molar-refractivity contribution is 5.86. The Morgan fingerprint density at radius 3 is 2.83 bits per heavy atom. The van der Waals surface area contributed by atoms with Crippen molar-refractivity contribution in [2.75, 3.05) is 32.8 Å². The number of ether oxygens (including phenoxy) is 1. The molecule has 1 aromatic carbocycles. The molecule has 0 aromatic heterocycles. The first-order valence-corrected chi connectivity index (χ1v) is 7.73. The molecule has 2 aliphatic heterocycles. The molecule has 2 fully saturated rings. The highest BCUT2D eigenvalue weighted by atomic mass is 19.2. The van der Waals surface area contributed by atoms with Crippen LogP contribution in [0.4, 0.5) is 8.78 Å². The van der Waals surface area contributed by atoms with Crippen molar-refractivity contribution in [2.24, 2.45) is 0 Å². The molecule has 6 nitrogen and oxygen atoms in total. The Morgan fingerprint density at radius 1 is 1.33 bits per heavy atom. The van der Waals surface area contributed by atoms with Crippen LogP contribution in [0.1, 0.15) is 18.0 Å². The molecule has 0 radical (unpaired) electrons. The van der Waals surface area contributed by atoms with Crippen molar-refractivity contribution in [1.82, 2.24) is 9.80 Å². The predicted molar refractivity (Wildman–Crippen MR) is 78.8 cm³/mol. The highest BCUT2D eigenvalue weighted by Crippen LogP contribution is 2.33. The Kier molecular flexibility index (Phi) is 4.77. The van der Waals surface area contributed by atoms with Crippen LogP contribution < -0.4 is 0 Å². The summed E-state index contributed by atoms with van der Waals surface area (Å²) in [4.78, 5) is 27.1. The Morgan fingerprint density at radius 2 is 2.12 bits per heavy atom. The van der Waals surface area contributed by atoms with E-state index in [1.165, 1.54) is 15.9 Å². The number of rotatable bonds is 3. The van der Waals surface area contributed by atoms with Gasteiger partial charge in [-0.25, -0.2) is 8.78 Å². The van der Waals surface area contributed by atoms with Crippen molar-refractivity contribution in [2.45, 2.75) is 18.6 Å². The van der Waals surface area contributed by atoms with Gasteiger partial charge in [-0.05, 0) is 24.1 Å². The van der Waals surface area contributed by atoms with Crippen LogP contribution in [0.25, 0.3) is 0 Å². The molecule has 2 amide bonds. The van der Waals surface area contributed by atoms with Crippen molar-refractivity contribution in [3.63, 3.8) is 0 Å². The smallest absolute Gasteiger partial charge is 0.249 e. The third kappa shape index (κ3) is 3.39. The van der Waals surface area contributed by atoms with E-state index < -0.39 is 23.8 Å². The summed E-state index contributed by atoms with van der Waals surface area (Å²) in [5, 5.41) is 9.90. The molecular formula is C16H18F2N2O4. The van der Waals surface area contributed by atoms with Crippen molar-refractivity contribution in [3.05, 3.63) is 35.4 Å². The molecule has 1 aromatic rings. The van der Waals surface area contributed by atoms with E-state index in [0.717, 1.165) is 12.1 Å². The fourth-order valence-electron chi connectivity index (χ4n) is 3.10. The molecule has 2 heterocycles. The summed E-state index contributed by atoms with van der Waals surface area (Å²) in [7, 11) is 0. The molecule has 8 heteroatoms. The van der Waals surface area contributed by atoms with Crippen molar-refractivity contribution >= 4 is 11.8 Å². The summed E-state index contributed by atoms with van der Waals surface area (Å²) in [6.07, 6.45) is -0.499. The number of aliphatic hydroxyl groups is 1. The molecule has 2 atom stereocenters. The summed E-state index contributed by atoms with van der Waals surface area (Å²) >= 11 is 0. The molecular weight excluding hydrogens is 322 g/mol. The average Bonchev–Trinajstić information content (AvgIpc) is 2.94. The molecule has 0 bridgehead atoms. The summed E-state index contributed by atoms with van der Waals surface area (Å²) < 4.78 is 31.6. The quantitative estimate of drug-likeness (QED) is 0.868. The molecule has 24 heavy (non-hydrogen) atoms. The molecule has 2 aliphatic rings. The topological polar surface area (TPSA) is 70.1 Å². The first-order chi connectivity index (χ1) is 11.5. The molecule has 0 spiro atoms. The van der Waals surface area contributed by atoms with E-state index in [1.807, 2.05) is 0 Å². The van der Waals surface area contributed by atoms with Crippen LogP contribution in [-0.2, 0) is 14.3 Å². The summed E-state index contributed by atoms with van der Waals surface area (Å²) in [5.41, 5.74) is 0.423. The van der Waals surface area contributed by atoms with Gasteiger partial charge < -0.3 is 19.6 Å². The maximum atomic E-state index is 13.5. The van der Waals surface area contributed by atoms with Crippen LogP contribution in [0, 0.1) is 11.6 Å². The van der Waals surface area contributed by atoms with Crippen molar-refractivity contribution in [1.29, 1.82) is 0 Å². The SMILES string of the molecule is O=C1COCCN1CC(=O)N1C[C@@H](O)C[C@H]1c1ccc(F)c(F)c1. The van der Waals surface area contributed by atoms with Gasteiger partial charge in [-0.2, -0.15) is 0 Å². The number of benzene rings is 1. The minimum atomic E-state index is -0.996. The number of hydrogen-bond acceptors (Lipinski definition) is 4. The van der Waals surface area contributed by atoms with Gasteiger partial charge in [0.15, 0.2) is 11.6 Å². The molecule has 2 saturated heterocycles. The van der Waals surface area contributed by atoms with Gasteiger partial charge in [0.2, 0.25) is 11.8 Å². The van der Waals surface area contributed by atoms with Crippen molar-refractivity contribution in [3.8, 4) is 0 Å². The van der Waals surface area contributed by atoms with Gasteiger partial charge in [-0.3, -0.25) is 9.59 Å². The number of carbonyl (C=O) groups excluding carboxylic acids is 2. The van der Waals surface area contributed by atoms with Gasteiger partial charge in [0.1, 0.15) is 6.61 Å². The largest absolute Gasteiger partial charge is 0.391 e. The monoisotopic (exact) mass is 340 g/mol. The molecule has 3 rings (SSSR count). The van der Waals surface area contributed by atoms with E-state index in [4.69, 9.17) is 4.74 Å². The second-order valence-electron chi connectivity index (χ2n) is 5.99. The van der Waals surface area contributed by atoms with Gasteiger partial charge in [0.25, 0.3) is 0 Å². The van der Waals surface area contributed by atoms with Crippen LogP contribution in [0.3, 0.4) is 0 Å². The number of halogens is 2. The second kappa shape index (κ2) is 6.82. The average molecular weight is 340 g/mol. The molecule has 0 saturated carbocycles. The molecule has 0 unspecified atom stereocenters. The second-order valence-corrected chi connectivity index (χ2v) is 5.99. The van der Waals surface area contributed by atoms with Crippen LogP contribution in [0.5, 0.6) is 0 Å². The maximum absolute atomic E-state index is 13.5. The van der Waals surface area contributed by atoms with E-state index >= 15 is 0 Å². The summed E-state index contributed by atoms with van der Waals surface area (Å²) in [6.45, 7) is 0.629. The third-order valence-corrected chi connectivity index (χ3v) is 4.34. The zero-order valence-electron chi connectivity index (χ0n) is 13.0. The number of aliphatic hydroxyl groups excluding tert-OH is 1. The van der Waals surface area contributed by atoms with Crippen LogP contribution in [-0.4, -0.2) is 65.7 Å². The fourth-order valence-corrected chi connectivity index (χ4v) is 3.10. The number of likely N-dealkylation sites (tertiary alicyclic amines) is 1. The Labute approximate surface area is 137 Å². The minimum Gasteiger partial charge on any atom is -0.391 e. The first kappa shape index (κ1) is 16.8. The van der Waals surface area contributed by atoms with E-state index in [1.54, 1.807) is 0 Å². The number of amides is 2. The predicted octanol–water partition coefficient (Wildman–Crippen LogP) is 0.458. The van der Waals surface area contributed by atoms with Crippen LogP contribution in [0.2, 0.25) is 0 Å². The van der Waals surface area contributed by atoms with Crippen LogP contribution >= 0.6 is 0 Å². The number of hydrogen-bond donors (Lipinski definition) is 1. The Bertz CT molecular complexity index is 655. The normalized spacial score (nSPS) is 24.5. The zero-order chi connectivity index (χ0) is 17.3. The lowest BCUT2D eigenvalue weighted by molar-refractivity contribution is -0.148. The number of morpholine rings is 1. The third-order valence-electron chi connectivity index (χ3n) is 4.34. The van der Waals surface area contributed by atoms with Gasteiger partial charge in [-0.1, -0.05) is 6.07 Å². The minimum absolute atomic E-state index is 0.0531. The first-order valence-electron chi connectivity index (χ1n) is 7.73. The fraction of sp³-hybridized carbons (Fsp3) is 0.500. The van der Waals surface area contributed by atoms with Crippen molar-refractivity contribution < 1.29 is 28.2 Å². The molecule has 0 aliphatic carbocycles. The lowest BCUT2D eigenvalue weighted by atomic mass is 10.0. The van der Waals surface area contributed by atoms with E-state index in [-0.39, 0.29) is 37.9 Å². The molecule has 1 N–H and O–H groups in total. The number of nitrogens with zero attached hydrogens (tertiary/aromatic N) is 2. The summed E-state index contributed by atoms with van der Waals surface area (Å²) in [5.74, 6) is -2.56. The van der Waals surface area contributed by atoms with Gasteiger partial charge in [0, 0.05) is 13.1 Å². The Balaban J connectivity index is 1.75. The maximum Gasteiger partial charge on any atom is 0.249 e. The number of carbonyl (C=O) groups is 2. The lowest BCUT2D eigenvalue weighted by Crippen LogP contribution is -2.48. The Hall–Kier alpha value is -2.06. The molecule has 130 valence electrons.